The molecule has 1 amide bonds. The first-order valence-electron chi connectivity index (χ1n) is 6.10. The maximum atomic E-state index is 12.2. The van der Waals surface area contributed by atoms with Gasteiger partial charge in [-0.1, -0.05) is 6.92 Å². The lowest BCUT2D eigenvalue weighted by Crippen LogP contribution is -2.34. The Morgan fingerprint density at radius 3 is 2.76 bits per heavy atom. The zero-order valence-electron chi connectivity index (χ0n) is 10.3. The van der Waals surface area contributed by atoms with E-state index in [0.717, 1.165) is 27.5 Å². The van der Waals surface area contributed by atoms with Crippen LogP contribution in [0.2, 0.25) is 0 Å². The van der Waals surface area contributed by atoms with Crippen molar-refractivity contribution in [1.82, 2.24) is 9.88 Å². The average Bonchev–Trinajstić information content (AvgIpc) is 3.03. The van der Waals surface area contributed by atoms with Crippen LogP contribution in [0.25, 0.3) is 0 Å². The summed E-state index contributed by atoms with van der Waals surface area (Å²) in [5.74, 6) is 0.253. The highest BCUT2D eigenvalue weighted by atomic mass is 32.1. The van der Waals surface area contributed by atoms with E-state index < -0.39 is 0 Å². The Kier molecular flexibility index (Phi) is 3.99. The van der Waals surface area contributed by atoms with E-state index in [9.17, 15) is 4.79 Å². The molecule has 0 atom stereocenters. The second-order valence-corrected chi connectivity index (χ2v) is 6.33. The van der Waals surface area contributed by atoms with Gasteiger partial charge >= 0.3 is 0 Å². The van der Waals surface area contributed by atoms with E-state index in [1.165, 1.54) is 24.2 Å². The number of H-pyrrole nitrogens is 1. The van der Waals surface area contributed by atoms with Crippen LogP contribution in [0.3, 0.4) is 0 Å². The van der Waals surface area contributed by atoms with Crippen molar-refractivity contribution in [3.63, 3.8) is 0 Å². The first-order chi connectivity index (χ1) is 8.11. The minimum atomic E-state index is 0.253. The molecule has 3 nitrogen and oxygen atoms in total. The molecule has 0 bridgehead atoms. The second kappa shape index (κ2) is 5.31. The molecule has 1 heterocycles. The molecule has 0 spiro atoms. The fraction of sp³-hybridized carbons (Fsp3) is 0.667. The van der Waals surface area contributed by atoms with Crippen molar-refractivity contribution in [2.75, 3.05) is 6.54 Å². The van der Waals surface area contributed by atoms with Gasteiger partial charge < -0.3 is 9.88 Å². The molecule has 94 valence electrons. The van der Waals surface area contributed by atoms with Crippen molar-refractivity contribution in [2.24, 2.45) is 0 Å². The Labute approximate surface area is 111 Å². The fourth-order valence-electron chi connectivity index (χ4n) is 1.98. The Bertz CT molecular complexity index is 459. The molecule has 0 saturated heterocycles. The molecule has 17 heavy (non-hydrogen) atoms. The fourth-order valence-corrected chi connectivity index (χ4v) is 3.26. The van der Waals surface area contributed by atoms with Gasteiger partial charge in [0.15, 0.2) is 3.95 Å². The van der Waals surface area contributed by atoms with Crippen molar-refractivity contribution < 1.29 is 4.79 Å². The first kappa shape index (κ1) is 12.8. The van der Waals surface area contributed by atoms with Crippen molar-refractivity contribution in [3.8, 4) is 0 Å². The molecule has 0 unspecified atom stereocenters. The van der Waals surface area contributed by atoms with E-state index in [2.05, 4.69) is 11.9 Å². The summed E-state index contributed by atoms with van der Waals surface area (Å²) in [5, 5.41) is 0. The van der Waals surface area contributed by atoms with Crippen LogP contribution in [-0.4, -0.2) is 28.4 Å². The molecule has 5 heteroatoms. The Balaban J connectivity index is 2.04. The van der Waals surface area contributed by atoms with E-state index in [1.807, 2.05) is 11.8 Å². The van der Waals surface area contributed by atoms with Crippen LogP contribution < -0.4 is 0 Å². The molecular formula is C12H18N2OS2. The predicted molar refractivity (Wildman–Crippen MR) is 73.0 cm³/mol. The number of carbonyl (C=O) groups excluding carboxylic acids is 1. The third kappa shape index (κ3) is 3.16. The molecule has 1 saturated carbocycles. The van der Waals surface area contributed by atoms with Gasteiger partial charge in [0, 0.05) is 23.2 Å². The number of amides is 1. The summed E-state index contributed by atoms with van der Waals surface area (Å²) < 4.78 is 0.763. The second-order valence-electron chi connectivity index (χ2n) is 4.56. The Hall–Kier alpha value is -0.680. The van der Waals surface area contributed by atoms with Gasteiger partial charge in [0.25, 0.3) is 0 Å². The van der Waals surface area contributed by atoms with Crippen LogP contribution in [0.5, 0.6) is 0 Å². The number of thiazole rings is 1. The van der Waals surface area contributed by atoms with Gasteiger partial charge in [0.1, 0.15) is 0 Å². The van der Waals surface area contributed by atoms with Crippen molar-refractivity contribution in [2.45, 2.75) is 45.6 Å². The quantitative estimate of drug-likeness (QED) is 0.835. The van der Waals surface area contributed by atoms with Crippen LogP contribution in [0.4, 0.5) is 0 Å². The third-order valence-electron chi connectivity index (χ3n) is 3.01. The van der Waals surface area contributed by atoms with Crippen LogP contribution in [0, 0.1) is 10.9 Å². The van der Waals surface area contributed by atoms with Crippen molar-refractivity contribution in [3.05, 3.63) is 14.5 Å². The zero-order valence-corrected chi connectivity index (χ0v) is 11.9. The van der Waals surface area contributed by atoms with Crippen molar-refractivity contribution in [1.29, 1.82) is 0 Å². The van der Waals surface area contributed by atoms with E-state index in [1.54, 1.807) is 0 Å². The monoisotopic (exact) mass is 270 g/mol. The van der Waals surface area contributed by atoms with Gasteiger partial charge in [-0.2, -0.15) is 0 Å². The molecule has 2 rings (SSSR count). The van der Waals surface area contributed by atoms with Crippen LogP contribution in [0.15, 0.2) is 0 Å². The number of nitrogens with zero attached hydrogens (tertiary/aromatic N) is 1. The topological polar surface area (TPSA) is 36.1 Å². The summed E-state index contributed by atoms with van der Waals surface area (Å²) in [7, 11) is 0. The summed E-state index contributed by atoms with van der Waals surface area (Å²) in [6.45, 7) is 4.99. The number of nitrogens with one attached hydrogen (secondary N) is 1. The number of aromatic amines is 1. The van der Waals surface area contributed by atoms with Gasteiger partial charge in [0.2, 0.25) is 5.91 Å². The zero-order chi connectivity index (χ0) is 12.4. The molecule has 1 aliphatic rings. The van der Waals surface area contributed by atoms with Crippen LogP contribution in [0.1, 0.15) is 36.8 Å². The van der Waals surface area contributed by atoms with E-state index in [-0.39, 0.29) is 5.91 Å². The van der Waals surface area contributed by atoms with Crippen molar-refractivity contribution >= 4 is 29.5 Å². The SMILES string of the molecule is CCCN(C(=O)Cc1sc(=S)[nH]c1C)C1CC1. The maximum absolute atomic E-state index is 12.2. The number of rotatable bonds is 5. The molecule has 1 aromatic rings. The Morgan fingerprint density at radius 2 is 2.29 bits per heavy atom. The van der Waals surface area contributed by atoms with Gasteiger partial charge in [-0.25, -0.2) is 0 Å². The van der Waals surface area contributed by atoms with E-state index in [4.69, 9.17) is 12.2 Å². The first-order valence-corrected chi connectivity index (χ1v) is 7.32. The van der Waals surface area contributed by atoms with Gasteiger partial charge in [0.05, 0.1) is 6.42 Å². The number of hydrogen-bond acceptors (Lipinski definition) is 3. The van der Waals surface area contributed by atoms with Gasteiger partial charge in [-0.05, 0) is 38.4 Å². The largest absolute Gasteiger partial charge is 0.341 e. The molecule has 0 radical (unpaired) electrons. The highest BCUT2D eigenvalue weighted by Crippen LogP contribution is 2.28. The molecule has 0 aliphatic heterocycles. The number of hydrogen-bond donors (Lipinski definition) is 1. The van der Waals surface area contributed by atoms with Gasteiger partial charge in [-0.3, -0.25) is 4.79 Å². The third-order valence-corrected chi connectivity index (χ3v) is 4.34. The molecule has 1 aliphatic carbocycles. The number of carbonyl (C=O) groups is 1. The summed E-state index contributed by atoms with van der Waals surface area (Å²) >= 11 is 6.61. The minimum Gasteiger partial charge on any atom is -0.341 e. The highest BCUT2D eigenvalue weighted by molar-refractivity contribution is 7.73. The smallest absolute Gasteiger partial charge is 0.228 e. The highest BCUT2D eigenvalue weighted by Gasteiger charge is 2.31. The maximum Gasteiger partial charge on any atom is 0.228 e. The minimum absolute atomic E-state index is 0.253. The molecule has 0 aromatic carbocycles. The van der Waals surface area contributed by atoms with E-state index in [0.29, 0.717) is 12.5 Å². The number of aromatic nitrogens is 1. The average molecular weight is 270 g/mol. The molecular weight excluding hydrogens is 252 g/mol. The lowest BCUT2D eigenvalue weighted by atomic mass is 10.2. The summed E-state index contributed by atoms with van der Waals surface area (Å²) in [5.41, 5.74) is 1.04. The molecule has 1 N–H and O–H groups in total. The van der Waals surface area contributed by atoms with E-state index >= 15 is 0 Å². The lowest BCUT2D eigenvalue weighted by Gasteiger charge is -2.21. The predicted octanol–water partition coefficient (Wildman–Crippen LogP) is 3.06. The van der Waals surface area contributed by atoms with Crippen LogP contribution >= 0.6 is 23.6 Å². The molecule has 1 aromatic heterocycles. The summed E-state index contributed by atoms with van der Waals surface area (Å²) in [4.78, 5) is 18.5. The number of aryl methyl sites for hydroxylation is 1. The lowest BCUT2D eigenvalue weighted by molar-refractivity contribution is -0.131. The van der Waals surface area contributed by atoms with Crippen LogP contribution in [-0.2, 0) is 11.2 Å². The standard InChI is InChI=1S/C12H18N2OS2/c1-3-6-14(9-4-5-9)11(15)7-10-8(2)13-12(16)17-10/h9H,3-7H2,1-2H3,(H,13,16). The summed E-state index contributed by atoms with van der Waals surface area (Å²) in [6.07, 6.45) is 3.88. The summed E-state index contributed by atoms with van der Waals surface area (Å²) in [6, 6.07) is 0.509. The van der Waals surface area contributed by atoms with Gasteiger partial charge in [-0.15, -0.1) is 11.3 Å². The molecule has 1 fully saturated rings. The normalized spacial score (nSPS) is 14.9. The Morgan fingerprint density at radius 1 is 1.59 bits per heavy atom.